The highest BCUT2D eigenvalue weighted by Crippen LogP contribution is 2.32. The minimum Gasteiger partial charge on any atom is -0.386 e. The number of benzene rings is 1. The summed E-state index contributed by atoms with van der Waals surface area (Å²) in [6, 6.07) is 6.23. The highest BCUT2D eigenvalue weighted by Gasteiger charge is 2.20. The van der Waals surface area contributed by atoms with E-state index < -0.39 is 5.60 Å². The summed E-state index contributed by atoms with van der Waals surface area (Å²) in [6.07, 6.45) is 3.59. The largest absolute Gasteiger partial charge is 0.386 e. The van der Waals surface area contributed by atoms with Crippen LogP contribution in [0.5, 0.6) is 0 Å². The van der Waals surface area contributed by atoms with E-state index in [1.54, 1.807) is 0 Å². The second-order valence-electron chi connectivity index (χ2n) is 5.26. The summed E-state index contributed by atoms with van der Waals surface area (Å²) in [5.41, 5.74) is 4.30. The van der Waals surface area contributed by atoms with E-state index in [1.165, 1.54) is 41.4 Å². The number of hydrogen-bond donors (Lipinski definition) is 2. The van der Waals surface area contributed by atoms with Crippen LogP contribution in [0.3, 0.4) is 0 Å². The molecule has 0 fully saturated rings. The zero-order valence-electron chi connectivity index (χ0n) is 9.80. The third kappa shape index (κ3) is 1.37. The van der Waals surface area contributed by atoms with Crippen molar-refractivity contribution in [2.24, 2.45) is 0 Å². The van der Waals surface area contributed by atoms with Gasteiger partial charge in [0, 0.05) is 16.6 Å². The highest BCUT2D eigenvalue weighted by molar-refractivity contribution is 5.86. The van der Waals surface area contributed by atoms with E-state index >= 15 is 0 Å². The van der Waals surface area contributed by atoms with Gasteiger partial charge in [-0.1, -0.05) is 6.07 Å². The SMILES string of the molecule is CC(C)(O)c1ccc2[nH]c3c(c2c1)CCC3. The molecule has 0 saturated heterocycles. The molecule has 2 aromatic rings. The fourth-order valence-electron chi connectivity index (χ4n) is 2.62. The first-order valence-corrected chi connectivity index (χ1v) is 5.92. The Labute approximate surface area is 95.3 Å². The van der Waals surface area contributed by atoms with Gasteiger partial charge in [0.1, 0.15) is 0 Å². The summed E-state index contributed by atoms with van der Waals surface area (Å²) in [5.74, 6) is 0. The molecule has 0 bridgehead atoms. The average Bonchev–Trinajstić information content (AvgIpc) is 2.74. The first kappa shape index (κ1) is 9.91. The predicted octanol–water partition coefficient (Wildman–Crippen LogP) is 2.88. The van der Waals surface area contributed by atoms with Crippen LogP contribution in [-0.2, 0) is 18.4 Å². The molecule has 16 heavy (non-hydrogen) atoms. The Morgan fingerprint density at radius 3 is 2.81 bits per heavy atom. The van der Waals surface area contributed by atoms with Crippen molar-refractivity contribution in [1.29, 1.82) is 0 Å². The minimum atomic E-state index is -0.753. The first-order valence-electron chi connectivity index (χ1n) is 5.92. The quantitative estimate of drug-likeness (QED) is 0.754. The molecule has 1 aliphatic rings. The third-order valence-electron chi connectivity index (χ3n) is 3.55. The Kier molecular flexibility index (Phi) is 1.93. The third-order valence-corrected chi connectivity index (χ3v) is 3.55. The fraction of sp³-hybridized carbons (Fsp3) is 0.429. The molecule has 84 valence electrons. The lowest BCUT2D eigenvalue weighted by Gasteiger charge is -2.17. The molecule has 3 rings (SSSR count). The summed E-state index contributed by atoms with van der Waals surface area (Å²) < 4.78 is 0. The van der Waals surface area contributed by atoms with E-state index in [9.17, 15) is 5.11 Å². The minimum absolute atomic E-state index is 0.753. The van der Waals surface area contributed by atoms with Crippen LogP contribution in [0.1, 0.15) is 37.1 Å². The lowest BCUT2D eigenvalue weighted by molar-refractivity contribution is 0.0787. The Morgan fingerprint density at radius 2 is 2.06 bits per heavy atom. The van der Waals surface area contributed by atoms with Gasteiger partial charge in [-0.3, -0.25) is 0 Å². The van der Waals surface area contributed by atoms with Gasteiger partial charge in [0.25, 0.3) is 0 Å². The molecule has 0 aliphatic heterocycles. The highest BCUT2D eigenvalue weighted by atomic mass is 16.3. The van der Waals surface area contributed by atoms with Gasteiger partial charge >= 0.3 is 0 Å². The zero-order chi connectivity index (χ0) is 11.3. The topological polar surface area (TPSA) is 36.0 Å². The molecule has 1 aliphatic carbocycles. The number of aryl methyl sites for hydroxylation is 2. The van der Waals surface area contributed by atoms with Gasteiger partial charge in [0.15, 0.2) is 0 Å². The van der Waals surface area contributed by atoms with Gasteiger partial charge in [0.05, 0.1) is 5.60 Å². The number of nitrogens with one attached hydrogen (secondary N) is 1. The van der Waals surface area contributed by atoms with Gasteiger partial charge in [-0.15, -0.1) is 0 Å². The Hall–Kier alpha value is -1.28. The van der Waals surface area contributed by atoms with Crippen LogP contribution in [0.25, 0.3) is 10.9 Å². The summed E-state index contributed by atoms with van der Waals surface area (Å²) in [4.78, 5) is 3.47. The van der Waals surface area contributed by atoms with Crippen LogP contribution < -0.4 is 0 Å². The zero-order valence-corrected chi connectivity index (χ0v) is 9.80. The van der Waals surface area contributed by atoms with Crippen molar-refractivity contribution in [3.05, 3.63) is 35.0 Å². The number of aliphatic hydroxyl groups is 1. The maximum atomic E-state index is 10.0. The van der Waals surface area contributed by atoms with Gasteiger partial charge in [-0.25, -0.2) is 0 Å². The van der Waals surface area contributed by atoms with Crippen LogP contribution in [0.2, 0.25) is 0 Å². The number of fused-ring (bicyclic) bond motifs is 3. The second kappa shape index (κ2) is 3.11. The molecule has 0 spiro atoms. The number of H-pyrrole nitrogens is 1. The molecule has 0 unspecified atom stereocenters. The lowest BCUT2D eigenvalue weighted by atomic mass is 9.96. The first-order chi connectivity index (χ1) is 7.55. The summed E-state index contributed by atoms with van der Waals surface area (Å²) >= 11 is 0. The molecule has 1 aromatic heterocycles. The lowest BCUT2D eigenvalue weighted by Crippen LogP contribution is -2.14. The number of aromatic amines is 1. The van der Waals surface area contributed by atoms with Crippen molar-refractivity contribution < 1.29 is 5.11 Å². The van der Waals surface area contributed by atoms with Crippen molar-refractivity contribution in [2.75, 3.05) is 0 Å². The molecule has 0 amide bonds. The van der Waals surface area contributed by atoms with E-state index in [1.807, 2.05) is 19.9 Å². The van der Waals surface area contributed by atoms with Gasteiger partial charge in [-0.05, 0) is 56.4 Å². The Balaban J connectivity index is 2.24. The summed E-state index contributed by atoms with van der Waals surface area (Å²) in [5, 5.41) is 11.3. The summed E-state index contributed by atoms with van der Waals surface area (Å²) in [7, 11) is 0. The van der Waals surface area contributed by atoms with Crippen LogP contribution in [0.15, 0.2) is 18.2 Å². The van der Waals surface area contributed by atoms with Gasteiger partial charge in [-0.2, -0.15) is 0 Å². The molecule has 0 radical (unpaired) electrons. The number of hydrogen-bond acceptors (Lipinski definition) is 1. The maximum absolute atomic E-state index is 10.0. The van der Waals surface area contributed by atoms with E-state index in [-0.39, 0.29) is 0 Å². The average molecular weight is 215 g/mol. The maximum Gasteiger partial charge on any atom is 0.0840 e. The molecule has 2 N–H and O–H groups in total. The molecule has 1 aromatic carbocycles. The molecular weight excluding hydrogens is 198 g/mol. The fourth-order valence-corrected chi connectivity index (χ4v) is 2.62. The Bertz CT molecular complexity index is 546. The van der Waals surface area contributed by atoms with Crippen molar-refractivity contribution in [2.45, 2.75) is 38.7 Å². The van der Waals surface area contributed by atoms with Crippen molar-refractivity contribution >= 4 is 10.9 Å². The van der Waals surface area contributed by atoms with Crippen LogP contribution in [0, 0.1) is 0 Å². The molecule has 0 saturated carbocycles. The molecule has 2 nitrogen and oxygen atoms in total. The van der Waals surface area contributed by atoms with Crippen molar-refractivity contribution in [3.8, 4) is 0 Å². The van der Waals surface area contributed by atoms with Crippen LogP contribution in [-0.4, -0.2) is 10.1 Å². The van der Waals surface area contributed by atoms with Gasteiger partial charge in [0.2, 0.25) is 0 Å². The van der Waals surface area contributed by atoms with E-state index in [2.05, 4.69) is 17.1 Å². The van der Waals surface area contributed by atoms with Crippen molar-refractivity contribution in [3.63, 3.8) is 0 Å². The standard InChI is InChI=1S/C14H17NO/c1-14(2,16)9-6-7-13-11(8-9)10-4-3-5-12(10)15-13/h6-8,15-16H,3-5H2,1-2H3. The van der Waals surface area contributed by atoms with Crippen LogP contribution in [0.4, 0.5) is 0 Å². The normalized spacial score (nSPS) is 15.7. The van der Waals surface area contributed by atoms with E-state index in [4.69, 9.17) is 0 Å². The molecule has 2 heteroatoms. The van der Waals surface area contributed by atoms with Crippen molar-refractivity contribution in [1.82, 2.24) is 4.98 Å². The monoisotopic (exact) mass is 215 g/mol. The second-order valence-corrected chi connectivity index (χ2v) is 5.26. The van der Waals surface area contributed by atoms with E-state index in [0.29, 0.717) is 0 Å². The summed E-state index contributed by atoms with van der Waals surface area (Å²) in [6.45, 7) is 3.67. The number of aromatic nitrogens is 1. The predicted molar refractivity (Wildman–Crippen MR) is 65.6 cm³/mol. The Morgan fingerprint density at radius 1 is 1.25 bits per heavy atom. The molecule has 0 atom stereocenters. The van der Waals surface area contributed by atoms with Crippen LogP contribution >= 0.6 is 0 Å². The number of rotatable bonds is 1. The molecule has 1 heterocycles. The smallest absolute Gasteiger partial charge is 0.0840 e. The molecular formula is C14H17NO. The van der Waals surface area contributed by atoms with Gasteiger partial charge < -0.3 is 10.1 Å². The van der Waals surface area contributed by atoms with E-state index in [0.717, 1.165) is 5.56 Å².